The van der Waals surface area contributed by atoms with E-state index in [1.54, 1.807) is 7.11 Å². The van der Waals surface area contributed by atoms with Crippen LogP contribution in [0.25, 0.3) is 0 Å². The summed E-state index contributed by atoms with van der Waals surface area (Å²) in [5, 5.41) is 2.98. The molecule has 138 valence electrons. The van der Waals surface area contributed by atoms with Gasteiger partial charge in [0.15, 0.2) is 0 Å². The summed E-state index contributed by atoms with van der Waals surface area (Å²) >= 11 is 0. The van der Waals surface area contributed by atoms with Crippen LogP contribution < -0.4 is 10.1 Å². The highest BCUT2D eigenvalue weighted by atomic mass is 16.5. The number of nitrogens with one attached hydrogen (secondary N) is 1. The van der Waals surface area contributed by atoms with Crippen molar-refractivity contribution >= 4 is 11.7 Å². The van der Waals surface area contributed by atoms with Crippen molar-refractivity contribution in [1.82, 2.24) is 9.80 Å². The summed E-state index contributed by atoms with van der Waals surface area (Å²) in [6.07, 6.45) is 0. The molecule has 2 aromatic rings. The van der Waals surface area contributed by atoms with E-state index in [0.29, 0.717) is 12.1 Å². The van der Waals surface area contributed by atoms with Crippen LogP contribution in [0, 0.1) is 0 Å². The summed E-state index contributed by atoms with van der Waals surface area (Å²) in [6, 6.07) is 18.5. The van der Waals surface area contributed by atoms with E-state index in [1.165, 1.54) is 5.56 Å². The van der Waals surface area contributed by atoms with Crippen LogP contribution in [0.4, 0.5) is 10.5 Å². The number of piperazine rings is 1. The number of methoxy groups -OCH3 is 1. The molecule has 3 rings (SSSR count). The molecule has 1 saturated heterocycles. The van der Waals surface area contributed by atoms with E-state index in [2.05, 4.69) is 48.3 Å². The average Bonchev–Trinajstić information content (AvgIpc) is 2.66. The van der Waals surface area contributed by atoms with Gasteiger partial charge in [0, 0.05) is 37.4 Å². The number of amides is 2. The van der Waals surface area contributed by atoms with Gasteiger partial charge >= 0.3 is 6.03 Å². The van der Waals surface area contributed by atoms with Gasteiger partial charge in [-0.2, -0.15) is 0 Å². The fraction of sp³-hybridized carbons (Fsp3) is 0.381. The molecule has 0 aliphatic carbocycles. The van der Waals surface area contributed by atoms with Crippen molar-refractivity contribution in [2.75, 3.05) is 25.5 Å². The molecule has 5 nitrogen and oxygen atoms in total. The van der Waals surface area contributed by atoms with Gasteiger partial charge in [0.1, 0.15) is 5.75 Å². The fourth-order valence-corrected chi connectivity index (χ4v) is 3.51. The zero-order valence-electron chi connectivity index (χ0n) is 15.7. The Labute approximate surface area is 155 Å². The maximum Gasteiger partial charge on any atom is 0.321 e. The standard InChI is InChI=1S/C21H27N3O2/c1-16-13-23(21(25)22-19-9-11-20(26-3)12-10-19)14-17(2)24(16)15-18-7-5-4-6-8-18/h4-12,16-17H,13-15H2,1-3H3,(H,22,25)/t16-,17+. The Kier molecular flexibility index (Phi) is 5.78. The van der Waals surface area contributed by atoms with Gasteiger partial charge in [-0.25, -0.2) is 4.79 Å². The molecule has 1 heterocycles. The van der Waals surface area contributed by atoms with E-state index in [-0.39, 0.29) is 6.03 Å². The SMILES string of the molecule is COc1ccc(NC(=O)N2C[C@@H](C)N(Cc3ccccc3)[C@@H](C)C2)cc1. The van der Waals surface area contributed by atoms with E-state index in [4.69, 9.17) is 4.74 Å². The highest BCUT2D eigenvalue weighted by molar-refractivity contribution is 5.89. The fourth-order valence-electron chi connectivity index (χ4n) is 3.51. The molecule has 1 N–H and O–H groups in total. The third-order valence-corrected chi connectivity index (χ3v) is 4.94. The molecule has 0 aromatic heterocycles. The lowest BCUT2D eigenvalue weighted by molar-refractivity contribution is 0.0526. The predicted molar refractivity (Wildman–Crippen MR) is 104 cm³/mol. The molecule has 26 heavy (non-hydrogen) atoms. The Morgan fingerprint density at radius 2 is 1.65 bits per heavy atom. The van der Waals surface area contributed by atoms with Gasteiger partial charge in [-0.05, 0) is 43.7 Å². The molecule has 5 heteroatoms. The molecule has 1 aliphatic rings. The van der Waals surface area contributed by atoms with Crippen LogP contribution >= 0.6 is 0 Å². The number of hydrogen-bond acceptors (Lipinski definition) is 3. The highest BCUT2D eigenvalue weighted by Crippen LogP contribution is 2.21. The molecule has 1 aliphatic heterocycles. The average molecular weight is 353 g/mol. The number of rotatable bonds is 4. The van der Waals surface area contributed by atoms with Gasteiger partial charge in [-0.15, -0.1) is 0 Å². The number of benzene rings is 2. The van der Waals surface area contributed by atoms with Crippen molar-refractivity contribution < 1.29 is 9.53 Å². The van der Waals surface area contributed by atoms with E-state index in [1.807, 2.05) is 35.2 Å². The second-order valence-electron chi connectivity index (χ2n) is 6.92. The number of nitrogens with zero attached hydrogens (tertiary/aromatic N) is 2. The van der Waals surface area contributed by atoms with E-state index >= 15 is 0 Å². The third kappa shape index (κ3) is 4.35. The number of anilines is 1. The summed E-state index contributed by atoms with van der Waals surface area (Å²) in [6.45, 7) is 6.73. The molecule has 0 saturated carbocycles. The van der Waals surface area contributed by atoms with E-state index in [9.17, 15) is 4.79 Å². The van der Waals surface area contributed by atoms with Gasteiger partial charge in [0.05, 0.1) is 7.11 Å². The second-order valence-corrected chi connectivity index (χ2v) is 6.92. The quantitative estimate of drug-likeness (QED) is 0.909. The van der Waals surface area contributed by atoms with Gasteiger partial charge in [-0.3, -0.25) is 4.90 Å². The maximum atomic E-state index is 12.6. The Morgan fingerprint density at radius 1 is 1.04 bits per heavy atom. The van der Waals surface area contributed by atoms with Gasteiger partial charge in [-0.1, -0.05) is 30.3 Å². The third-order valence-electron chi connectivity index (χ3n) is 4.94. The van der Waals surface area contributed by atoms with Crippen LogP contribution in [-0.2, 0) is 6.54 Å². The van der Waals surface area contributed by atoms with Crippen LogP contribution in [0.5, 0.6) is 5.75 Å². The molecule has 0 radical (unpaired) electrons. The summed E-state index contributed by atoms with van der Waals surface area (Å²) in [4.78, 5) is 17.0. The van der Waals surface area contributed by atoms with Crippen LogP contribution in [-0.4, -0.2) is 48.1 Å². The molecule has 2 atom stereocenters. The molecule has 1 fully saturated rings. The molecule has 0 unspecified atom stereocenters. The number of ether oxygens (including phenoxy) is 1. The minimum absolute atomic E-state index is 0.0479. The van der Waals surface area contributed by atoms with Crippen molar-refractivity contribution in [2.24, 2.45) is 0 Å². The summed E-state index contributed by atoms with van der Waals surface area (Å²) in [7, 11) is 1.63. The van der Waals surface area contributed by atoms with Crippen LogP contribution in [0.2, 0.25) is 0 Å². The number of carbonyl (C=O) groups excluding carboxylic acids is 1. The first-order valence-corrected chi connectivity index (χ1v) is 9.06. The van der Waals surface area contributed by atoms with Crippen LogP contribution in [0.1, 0.15) is 19.4 Å². The molecule has 2 amide bonds. The molecule has 2 aromatic carbocycles. The lowest BCUT2D eigenvalue weighted by atomic mass is 10.1. The summed E-state index contributed by atoms with van der Waals surface area (Å²) in [5.74, 6) is 0.778. The molecular weight excluding hydrogens is 326 g/mol. The normalized spacial score (nSPS) is 20.7. The first-order chi connectivity index (χ1) is 12.6. The number of hydrogen-bond donors (Lipinski definition) is 1. The zero-order chi connectivity index (χ0) is 18.5. The number of carbonyl (C=O) groups is 1. The Morgan fingerprint density at radius 3 is 2.23 bits per heavy atom. The van der Waals surface area contributed by atoms with Gasteiger partial charge < -0.3 is 15.0 Å². The van der Waals surface area contributed by atoms with Crippen molar-refractivity contribution in [3.63, 3.8) is 0 Å². The monoisotopic (exact) mass is 353 g/mol. The largest absolute Gasteiger partial charge is 0.497 e. The predicted octanol–water partition coefficient (Wildman–Crippen LogP) is 3.82. The maximum absolute atomic E-state index is 12.6. The Balaban J connectivity index is 1.59. The lowest BCUT2D eigenvalue weighted by Gasteiger charge is -2.44. The van der Waals surface area contributed by atoms with Crippen LogP contribution in [0.3, 0.4) is 0 Å². The van der Waals surface area contributed by atoms with Crippen LogP contribution in [0.15, 0.2) is 54.6 Å². The van der Waals surface area contributed by atoms with E-state index < -0.39 is 0 Å². The minimum Gasteiger partial charge on any atom is -0.497 e. The van der Waals surface area contributed by atoms with Crippen molar-refractivity contribution in [2.45, 2.75) is 32.5 Å². The van der Waals surface area contributed by atoms with E-state index in [0.717, 1.165) is 31.1 Å². The van der Waals surface area contributed by atoms with Crippen molar-refractivity contribution in [3.8, 4) is 5.75 Å². The Hall–Kier alpha value is -2.53. The van der Waals surface area contributed by atoms with Crippen molar-refractivity contribution in [1.29, 1.82) is 0 Å². The lowest BCUT2D eigenvalue weighted by Crippen LogP contribution is -2.58. The van der Waals surface area contributed by atoms with Gasteiger partial charge in [0.2, 0.25) is 0 Å². The topological polar surface area (TPSA) is 44.8 Å². The summed E-state index contributed by atoms with van der Waals surface area (Å²) in [5.41, 5.74) is 2.09. The Bertz CT molecular complexity index is 706. The highest BCUT2D eigenvalue weighted by Gasteiger charge is 2.31. The second kappa shape index (κ2) is 8.23. The number of urea groups is 1. The first kappa shape index (κ1) is 18.3. The smallest absolute Gasteiger partial charge is 0.321 e. The molecule has 0 bridgehead atoms. The molecule has 0 spiro atoms. The minimum atomic E-state index is -0.0479. The van der Waals surface area contributed by atoms with Gasteiger partial charge in [0.25, 0.3) is 0 Å². The van der Waals surface area contributed by atoms with Crippen molar-refractivity contribution in [3.05, 3.63) is 60.2 Å². The zero-order valence-corrected chi connectivity index (χ0v) is 15.7. The summed E-state index contributed by atoms with van der Waals surface area (Å²) < 4.78 is 5.15. The first-order valence-electron chi connectivity index (χ1n) is 9.06. The molecular formula is C21H27N3O2.